The second kappa shape index (κ2) is 9.30. The summed E-state index contributed by atoms with van der Waals surface area (Å²) in [5.74, 6) is -0.531. The van der Waals surface area contributed by atoms with Crippen molar-refractivity contribution in [2.45, 2.75) is 30.6 Å². The van der Waals surface area contributed by atoms with Crippen molar-refractivity contribution < 1.29 is 31.8 Å². The van der Waals surface area contributed by atoms with E-state index in [9.17, 15) is 27.1 Å². The first-order chi connectivity index (χ1) is 16.7. The van der Waals surface area contributed by atoms with Crippen LogP contribution in [-0.2, 0) is 27.8 Å². The molecule has 2 aromatic carbocycles. The van der Waals surface area contributed by atoms with Gasteiger partial charge in [0.2, 0.25) is 10.0 Å². The average molecular weight is 506 g/mol. The maximum atomic E-state index is 13.0. The van der Waals surface area contributed by atoms with Gasteiger partial charge < -0.3 is 20.1 Å². The molecular formula is C24H25F2N3O5S. The number of benzene rings is 2. The van der Waals surface area contributed by atoms with Gasteiger partial charge in [0, 0.05) is 32.7 Å². The molecule has 1 amide bonds. The van der Waals surface area contributed by atoms with E-state index in [2.05, 4.69) is 10.1 Å². The summed E-state index contributed by atoms with van der Waals surface area (Å²) >= 11 is 0. The molecule has 0 radical (unpaired) electrons. The molecular weight excluding hydrogens is 480 g/mol. The van der Waals surface area contributed by atoms with Crippen molar-refractivity contribution in [2.75, 3.05) is 32.7 Å². The molecule has 3 aliphatic rings. The third-order valence-corrected chi connectivity index (χ3v) is 8.47. The molecule has 3 heterocycles. The van der Waals surface area contributed by atoms with Crippen LogP contribution in [0, 0.1) is 0 Å². The summed E-state index contributed by atoms with van der Waals surface area (Å²) in [6.07, 6.45) is -0.369. The average Bonchev–Trinajstić information content (AvgIpc) is 3.43. The number of carbonyl (C=O) groups excluding carboxylic acids is 1. The maximum Gasteiger partial charge on any atom is 0.387 e. The smallest absolute Gasteiger partial charge is 0.387 e. The highest BCUT2D eigenvalue weighted by Gasteiger charge is 2.39. The van der Waals surface area contributed by atoms with Gasteiger partial charge >= 0.3 is 6.61 Å². The number of hydrogen-bond donors (Lipinski definition) is 2. The van der Waals surface area contributed by atoms with Gasteiger partial charge in [-0.3, -0.25) is 4.79 Å². The SMILES string of the molecule is O=C([C@@H](O)c1ccc2c(c1)CNCC2)N1CC2=C(C1)CN(S(=O)(=O)c1ccc(OC(F)F)cc1)C2. The van der Waals surface area contributed by atoms with Gasteiger partial charge in [-0.1, -0.05) is 18.2 Å². The fraction of sp³-hybridized carbons (Fsp3) is 0.375. The lowest BCUT2D eigenvalue weighted by atomic mass is 9.96. The number of halogens is 2. The third kappa shape index (κ3) is 4.68. The molecule has 0 saturated carbocycles. The molecule has 0 unspecified atom stereocenters. The van der Waals surface area contributed by atoms with E-state index in [4.69, 9.17) is 0 Å². The van der Waals surface area contributed by atoms with Gasteiger partial charge in [0.25, 0.3) is 5.91 Å². The molecule has 3 aliphatic heterocycles. The molecule has 0 spiro atoms. The topological polar surface area (TPSA) is 99.2 Å². The highest BCUT2D eigenvalue weighted by atomic mass is 32.2. The first-order valence-electron chi connectivity index (χ1n) is 11.3. The van der Waals surface area contributed by atoms with Crippen LogP contribution in [0.1, 0.15) is 22.8 Å². The number of carbonyl (C=O) groups is 1. The molecule has 0 fully saturated rings. The van der Waals surface area contributed by atoms with Gasteiger partial charge in [0.15, 0.2) is 6.10 Å². The Morgan fingerprint density at radius 1 is 1.00 bits per heavy atom. The molecule has 8 nitrogen and oxygen atoms in total. The zero-order chi connectivity index (χ0) is 24.7. The molecule has 1 atom stereocenters. The molecule has 186 valence electrons. The highest BCUT2D eigenvalue weighted by molar-refractivity contribution is 7.89. The third-order valence-electron chi connectivity index (χ3n) is 6.66. The largest absolute Gasteiger partial charge is 0.435 e. The van der Waals surface area contributed by atoms with Crippen molar-refractivity contribution >= 4 is 15.9 Å². The van der Waals surface area contributed by atoms with E-state index in [0.717, 1.165) is 29.7 Å². The van der Waals surface area contributed by atoms with E-state index in [1.807, 2.05) is 12.1 Å². The summed E-state index contributed by atoms with van der Waals surface area (Å²) in [7, 11) is -3.84. The number of nitrogens with one attached hydrogen (secondary N) is 1. The van der Waals surface area contributed by atoms with E-state index in [0.29, 0.717) is 12.1 Å². The number of amides is 1. The Bertz CT molecular complexity index is 1260. The lowest BCUT2D eigenvalue weighted by Crippen LogP contribution is -2.38. The van der Waals surface area contributed by atoms with E-state index in [-0.39, 0.29) is 36.8 Å². The number of alkyl halides is 2. The van der Waals surface area contributed by atoms with Gasteiger partial charge in [-0.2, -0.15) is 13.1 Å². The van der Waals surface area contributed by atoms with E-state index < -0.39 is 28.6 Å². The van der Waals surface area contributed by atoms with Crippen LogP contribution in [0.2, 0.25) is 0 Å². The summed E-state index contributed by atoms with van der Waals surface area (Å²) in [5, 5.41) is 14.0. The van der Waals surface area contributed by atoms with Gasteiger partial charge in [0.1, 0.15) is 5.75 Å². The molecule has 0 aromatic heterocycles. The first kappa shape index (κ1) is 23.9. The van der Waals surface area contributed by atoms with Gasteiger partial charge in [-0.15, -0.1) is 0 Å². The van der Waals surface area contributed by atoms with E-state index in [1.54, 1.807) is 11.0 Å². The van der Waals surface area contributed by atoms with Crippen LogP contribution < -0.4 is 10.1 Å². The molecule has 0 bridgehead atoms. The Balaban J connectivity index is 1.21. The summed E-state index contributed by atoms with van der Waals surface area (Å²) in [6.45, 7) is -0.596. The summed E-state index contributed by atoms with van der Waals surface area (Å²) in [6, 6.07) is 10.5. The van der Waals surface area contributed by atoms with Crippen molar-refractivity contribution in [1.82, 2.24) is 14.5 Å². The molecule has 11 heteroatoms. The molecule has 2 N–H and O–H groups in total. The van der Waals surface area contributed by atoms with Crippen LogP contribution in [0.4, 0.5) is 8.78 Å². The Kier molecular flexibility index (Phi) is 6.34. The Morgan fingerprint density at radius 2 is 1.69 bits per heavy atom. The minimum atomic E-state index is -3.84. The predicted molar refractivity (Wildman–Crippen MR) is 122 cm³/mol. The van der Waals surface area contributed by atoms with Crippen LogP contribution in [0.25, 0.3) is 0 Å². The normalized spacial score (nSPS) is 19.1. The van der Waals surface area contributed by atoms with E-state index >= 15 is 0 Å². The second-order valence-electron chi connectivity index (χ2n) is 8.88. The summed E-state index contributed by atoms with van der Waals surface area (Å²) in [5.41, 5.74) is 4.51. The summed E-state index contributed by atoms with van der Waals surface area (Å²) < 4.78 is 56.3. The quantitative estimate of drug-likeness (QED) is 0.581. The lowest BCUT2D eigenvalue weighted by molar-refractivity contribution is -0.139. The zero-order valence-electron chi connectivity index (χ0n) is 18.8. The number of hydrogen-bond acceptors (Lipinski definition) is 6. The second-order valence-corrected chi connectivity index (χ2v) is 10.8. The summed E-state index contributed by atoms with van der Waals surface area (Å²) in [4.78, 5) is 14.5. The number of fused-ring (bicyclic) bond motifs is 1. The van der Waals surface area contributed by atoms with Gasteiger partial charge in [-0.05, 0) is 65.1 Å². The first-order valence-corrected chi connectivity index (χ1v) is 12.7. The number of rotatable bonds is 6. The predicted octanol–water partition coefficient (Wildman–Crippen LogP) is 1.81. The molecule has 0 aliphatic carbocycles. The van der Waals surface area contributed by atoms with E-state index in [1.165, 1.54) is 34.1 Å². The van der Waals surface area contributed by atoms with Gasteiger partial charge in [-0.25, -0.2) is 8.42 Å². The number of aliphatic hydroxyl groups is 1. The fourth-order valence-electron chi connectivity index (χ4n) is 4.80. The van der Waals surface area contributed by atoms with Crippen molar-refractivity contribution in [3.8, 4) is 5.75 Å². The van der Waals surface area contributed by atoms with Gasteiger partial charge in [0.05, 0.1) is 4.90 Å². The highest BCUT2D eigenvalue weighted by Crippen LogP contribution is 2.32. The molecule has 0 saturated heterocycles. The van der Waals surface area contributed by atoms with Crippen molar-refractivity contribution in [1.29, 1.82) is 0 Å². The van der Waals surface area contributed by atoms with Crippen molar-refractivity contribution in [2.24, 2.45) is 0 Å². The number of aliphatic hydroxyl groups excluding tert-OH is 1. The minimum absolute atomic E-state index is 0.0226. The lowest BCUT2D eigenvalue weighted by Gasteiger charge is -2.25. The standard InChI is InChI=1S/C24H25F2N3O5S/c25-24(26)34-20-3-5-21(6-4-20)35(32,33)29-13-18-11-28(12-19(18)14-29)23(31)22(30)16-2-1-15-7-8-27-10-17(15)9-16/h1-6,9,22,24,27,30H,7-8,10-14H2/t22-/m0/s1. The Labute approximate surface area is 201 Å². The fourth-order valence-corrected chi connectivity index (χ4v) is 6.23. The minimum Gasteiger partial charge on any atom is -0.435 e. The Morgan fingerprint density at radius 3 is 2.34 bits per heavy atom. The van der Waals surface area contributed by atoms with Crippen LogP contribution >= 0.6 is 0 Å². The van der Waals surface area contributed by atoms with Crippen LogP contribution in [0.5, 0.6) is 5.75 Å². The van der Waals surface area contributed by atoms with Crippen LogP contribution in [0.3, 0.4) is 0 Å². The van der Waals surface area contributed by atoms with Crippen LogP contribution in [0.15, 0.2) is 58.5 Å². The molecule has 2 aromatic rings. The van der Waals surface area contributed by atoms with Crippen molar-refractivity contribution in [3.63, 3.8) is 0 Å². The number of nitrogens with zero attached hydrogens (tertiary/aromatic N) is 2. The molecule has 35 heavy (non-hydrogen) atoms. The molecule has 5 rings (SSSR count). The Hall–Kier alpha value is -2.86. The zero-order valence-corrected chi connectivity index (χ0v) is 19.6. The van der Waals surface area contributed by atoms with Crippen molar-refractivity contribution in [3.05, 3.63) is 70.3 Å². The number of ether oxygens (including phenoxy) is 1. The monoisotopic (exact) mass is 505 g/mol. The van der Waals surface area contributed by atoms with Crippen LogP contribution in [-0.4, -0.2) is 68.0 Å². The maximum absolute atomic E-state index is 13.0. The number of sulfonamides is 1.